The van der Waals surface area contributed by atoms with Crippen LogP contribution in [0.4, 0.5) is 5.69 Å². The Bertz CT molecular complexity index is 617. The number of hydrogen-bond donors (Lipinski definition) is 1. The Morgan fingerprint density at radius 3 is 2.50 bits per heavy atom. The molecule has 4 nitrogen and oxygen atoms in total. The number of Topliss-reactive ketones (excluding diaryl/α,β-unsaturated/α-hetero) is 1. The number of ketones is 1. The Morgan fingerprint density at radius 2 is 1.91 bits per heavy atom. The first-order valence-electron chi connectivity index (χ1n) is 7.81. The molecule has 0 atom stereocenters. The lowest BCUT2D eigenvalue weighted by molar-refractivity contribution is -0.914. The van der Waals surface area contributed by atoms with E-state index in [0.29, 0.717) is 0 Å². The Balaban J connectivity index is 1.56. The Morgan fingerprint density at radius 1 is 1.18 bits per heavy atom. The second-order valence-corrected chi connectivity index (χ2v) is 5.88. The SMILES string of the molecule is CC(=O)c1ccc(N2CC[NH+](Cc3cccnc3)CC2)cc1. The van der Waals surface area contributed by atoms with E-state index in [9.17, 15) is 4.79 Å². The van der Waals surface area contributed by atoms with Gasteiger partial charge in [0.15, 0.2) is 5.78 Å². The third-order valence-corrected chi connectivity index (χ3v) is 4.29. The summed E-state index contributed by atoms with van der Waals surface area (Å²) >= 11 is 0. The van der Waals surface area contributed by atoms with Crippen LogP contribution in [0.1, 0.15) is 22.8 Å². The van der Waals surface area contributed by atoms with Gasteiger partial charge in [-0.1, -0.05) is 6.07 Å². The van der Waals surface area contributed by atoms with Crippen molar-refractivity contribution in [1.82, 2.24) is 4.98 Å². The Hall–Kier alpha value is -2.20. The lowest BCUT2D eigenvalue weighted by Gasteiger charge is -2.33. The first-order chi connectivity index (χ1) is 10.7. The number of nitrogens with one attached hydrogen (secondary N) is 1. The maximum Gasteiger partial charge on any atom is 0.159 e. The topological polar surface area (TPSA) is 37.6 Å². The molecule has 2 heterocycles. The average Bonchev–Trinajstić information content (AvgIpc) is 2.57. The zero-order valence-corrected chi connectivity index (χ0v) is 13.0. The van der Waals surface area contributed by atoms with Gasteiger partial charge < -0.3 is 9.80 Å². The van der Waals surface area contributed by atoms with E-state index in [2.05, 4.69) is 28.1 Å². The van der Waals surface area contributed by atoms with Gasteiger partial charge in [0, 0.05) is 29.2 Å². The van der Waals surface area contributed by atoms with E-state index >= 15 is 0 Å². The summed E-state index contributed by atoms with van der Waals surface area (Å²) in [6.45, 7) is 7.01. The second-order valence-electron chi connectivity index (χ2n) is 5.88. The second kappa shape index (κ2) is 6.71. The predicted octanol–water partition coefficient (Wildman–Crippen LogP) is 1.19. The van der Waals surface area contributed by atoms with Crippen LogP contribution < -0.4 is 9.80 Å². The van der Waals surface area contributed by atoms with Gasteiger partial charge in [-0.25, -0.2) is 0 Å². The molecule has 22 heavy (non-hydrogen) atoms. The van der Waals surface area contributed by atoms with E-state index in [-0.39, 0.29) is 5.78 Å². The van der Waals surface area contributed by atoms with Gasteiger partial charge in [-0.2, -0.15) is 0 Å². The molecule has 2 aromatic rings. The summed E-state index contributed by atoms with van der Waals surface area (Å²) in [4.78, 5) is 19.5. The first-order valence-corrected chi connectivity index (χ1v) is 7.81. The number of carbonyl (C=O) groups excluding carboxylic acids is 1. The van der Waals surface area contributed by atoms with Crippen molar-refractivity contribution in [3.8, 4) is 0 Å². The van der Waals surface area contributed by atoms with Crippen LogP contribution in [0.25, 0.3) is 0 Å². The molecular formula is C18H22N3O+. The normalized spacial score (nSPS) is 15.8. The molecule has 1 saturated heterocycles. The first kappa shape index (κ1) is 14.7. The number of nitrogens with zero attached hydrogens (tertiary/aromatic N) is 2. The number of hydrogen-bond acceptors (Lipinski definition) is 3. The highest BCUT2D eigenvalue weighted by Crippen LogP contribution is 2.15. The number of anilines is 1. The van der Waals surface area contributed by atoms with E-state index in [1.807, 2.05) is 30.6 Å². The van der Waals surface area contributed by atoms with Crippen LogP contribution in [0.3, 0.4) is 0 Å². The van der Waals surface area contributed by atoms with Crippen molar-refractivity contribution < 1.29 is 9.69 Å². The smallest absolute Gasteiger partial charge is 0.159 e. The van der Waals surface area contributed by atoms with Crippen molar-refractivity contribution in [2.45, 2.75) is 13.5 Å². The fourth-order valence-electron chi connectivity index (χ4n) is 2.96. The summed E-state index contributed by atoms with van der Waals surface area (Å²) in [5.41, 5.74) is 3.30. The average molecular weight is 296 g/mol. The van der Waals surface area contributed by atoms with Gasteiger partial charge in [0.1, 0.15) is 6.54 Å². The van der Waals surface area contributed by atoms with E-state index in [1.54, 1.807) is 11.8 Å². The summed E-state index contributed by atoms with van der Waals surface area (Å²) in [7, 11) is 0. The van der Waals surface area contributed by atoms with Crippen LogP contribution in [0, 0.1) is 0 Å². The number of pyridine rings is 1. The summed E-state index contributed by atoms with van der Waals surface area (Å²) in [5, 5.41) is 0. The summed E-state index contributed by atoms with van der Waals surface area (Å²) in [6.07, 6.45) is 3.78. The van der Waals surface area contributed by atoms with Crippen LogP contribution in [-0.2, 0) is 6.54 Å². The Labute approximate surface area is 131 Å². The highest BCUT2D eigenvalue weighted by atomic mass is 16.1. The van der Waals surface area contributed by atoms with Gasteiger partial charge in [0.2, 0.25) is 0 Å². The summed E-state index contributed by atoms with van der Waals surface area (Å²) < 4.78 is 0. The van der Waals surface area contributed by atoms with Gasteiger partial charge in [-0.15, -0.1) is 0 Å². The van der Waals surface area contributed by atoms with E-state index in [4.69, 9.17) is 0 Å². The van der Waals surface area contributed by atoms with Gasteiger partial charge in [-0.3, -0.25) is 9.78 Å². The minimum Gasteiger partial charge on any atom is -0.360 e. The molecule has 0 unspecified atom stereocenters. The third kappa shape index (κ3) is 3.52. The number of carbonyl (C=O) groups is 1. The molecule has 0 bridgehead atoms. The molecule has 1 aromatic carbocycles. The fraction of sp³-hybridized carbons (Fsp3) is 0.333. The van der Waals surface area contributed by atoms with Crippen molar-refractivity contribution in [3.63, 3.8) is 0 Å². The molecule has 1 aromatic heterocycles. The molecule has 1 aliphatic rings. The maximum atomic E-state index is 11.3. The molecule has 1 aliphatic heterocycles. The fourth-order valence-corrected chi connectivity index (χ4v) is 2.96. The standard InChI is InChI=1S/C18H21N3O/c1-15(22)17-4-6-18(7-5-17)21-11-9-20(10-12-21)14-16-3-2-8-19-13-16/h2-8,13H,9-12,14H2,1H3/p+1. The zero-order chi connectivity index (χ0) is 15.4. The molecule has 1 fully saturated rings. The van der Waals surface area contributed by atoms with Crippen LogP contribution >= 0.6 is 0 Å². The minimum absolute atomic E-state index is 0.122. The van der Waals surface area contributed by atoms with Crippen LogP contribution in [0.15, 0.2) is 48.8 Å². The molecule has 3 rings (SSSR count). The van der Waals surface area contributed by atoms with E-state index in [1.165, 1.54) is 11.3 Å². The quantitative estimate of drug-likeness (QED) is 0.861. The molecule has 4 heteroatoms. The molecular weight excluding hydrogens is 274 g/mol. The number of quaternary nitrogens is 1. The van der Waals surface area contributed by atoms with Crippen LogP contribution in [0.2, 0.25) is 0 Å². The Kier molecular flexibility index (Phi) is 4.49. The molecule has 114 valence electrons. The van der Waals surface area contributed by atoms with Crippen molar-refractivity contribution in [3.05, 3.63) is 59.9 Å². The van der Waals surface area contributed by atoms with Crippen LogP contribution in [0.5, 0.6) is 0 Å². The van der Waals surface area contributed by atoms with Gasteiger partial charge in [0.25, 0.3) is 0 Å². The highest BCUT2D eigenvalue weighted by Gasteiger charge is 2.20. The monoisotopic (exact) mass is 296 g/mol. The molecule has 0 aliphatic carbocycles. The number of rotatable bonds is 4. The summed E-state index contributed by atoms with van der Waals surface area (Å²) in [5.74, 6) is 0.122. The van der Waals surface area contributed by atoms with Crippen molar-refractivity contribution >= 4 is 11.5 Å². The third-order valence-electron chi connectivity index (χ3n) is 4.29. The molecule has 0 amide bonds. The van der Waals surface area contributed by atoms with E-state index < -0.39 is 0 Å². The molecule has 0 spiro atoms. The number of benzene rings is 1. The van der Waals surface area contributed by atoms with Crippen molar-refractivity contribution in [1.29, 1.82) is 0 Å². The lowest BCUT2D eigenvalue weighted by Crippen LogP contribution is -3.13. The largest absolute Gasteiger partial charge is 0.360 e. The molecule has 1 N–H and O–H groups in total. The number of aromatic nitrogens is 1. The highest BCUT2D eigenvalue weighted by molar-refractivity contribution is 5.94. The summed E-state index contributed by atoms with van der Waals surface area (Å²) in [6, 6.07) is 12.1. The van der Waals surface area contributed by atoms with Gasteiger partial charge >= 0.3 is 0 Å². The van der Waals surface area contributed by atoms with Crippen molar-refractivity contribution in [2.75, 3.05) is 31.1 Å². The minimum atomic E-state index is 0.122. The van der Waals surface area contributed by atoms with Gasteiger partial charge in [0.05, 0.1) is 26.2 Å². The molecule has 0 radical (unpaired) electrons. The van der Waals surface area contributed by atoms with Crippen LogP contribution in [-0.4, -0.2) is 36.9 Å². The molecule has 0 saturated carbocycles. The van der Waals surface area contributed by atoms with E-state index in [0.717, 1.165) is 38.3 Å². The number of piperazine rings is 1. The predicted molar refractivity (Wildman–Crippen MR) is 87.3 cm³/mol. The van der Waals surface area contributed by atoms with Gasteiger partial charge in [-0.05, 0) is 37.3 Å². The maximum absolute atomic E-state index is 11.3. The van der Waals surface area contributed by atoms with Crippen molar-refractivity contribution in [2.24, 2.45) is 0 Å². The lowest BCUT2D eigenvalue weighted by atomic mass is 10.1. The zero-order valence-electron chi connectivity index (χ0n) is 13.0.